The number of rotatable bonds is 41. The molecule has 4 aromatic rings. The number of ether oxygens (including phenoxy) is 9. The van der Waals surface area contributed by atoms with Crippen LogP contribution in [0.2, 0.25) is 0 Å². The molecule has 478 valence electrons. The molecule has 0 saturated carbocycles. The molecule has 88 heavy (non-hydrogen) atoms. The molecule has 1 aliphatic rings. The van der Waals surface area contributed by atoms with E-state index in [0.29, 0.717) is 48.7 Å². The molecule has 0 unspecified atom stereocenters. The Hall–Kier alpha value is -7.61. The molecule has 0 fully saturated rings. The van der Waals surface area contributed by atoms with Gasteiger partial charge in [-0.15, -0.1) is 0 Å². The van der Waals surface area contributed by atoms with Crippen molar-refractivity contribution in [3.8, 4) is 23.0 Å². The molecule has 0 radical (unpaired) electrons. The zero-order chi connectivity index (χ0) is 63.3. The van der Waals surface area contributed by atoms with Crippen LogP contribution in [0.4, 0.5) is 0 Å². The molecular formula is C74H98O14. The Kier molecular flexibility index (Phi) is 33.0. The highest BCUT2D eigenvalue weighted by atomic mass is 16.6. The molecule has 14 nitrogen and oxygen atoms in total. The van der Waals surface area contributed by atoms with Gasteiger partial charge < -0.3 is 42.6 Å². The lowest BCUT2D eigenvalue weighted by molar-refractivity contribution is -0.140. The van der Waals surface area contributed by atoms with Crippen molar-refractivity contribution >= 4 is 29.8 Å². The van der Waals surface area contributed by atoms with Gasteiger partial charge in [-0.3, -0.25) is 0 Å². The summed E-state index contributed by atoms with van der Waals surface area (Å²) in [5.74, 6) is -0.459. The number of hydrogen-bond donors (Lipinski definition) is 0. The summed E-state index contributed by atoms with van der Waals surface area (Å²) in [7, 11) is 1.23. The van der Waals surface area contributed by atoms with E-state index in [1.165, 1.54) is 7.11 Å². The Labute approximate surface area is 524 Å². The van der Waals surface area contributed by atoms with E-state index in [4.69, 9.17) is 37.9 Å². The van der Waals surface area contributed by atoms with Gasteiger partial charge in [0, 0.05) is 56.1 Å². The third-order valence-electron chi connectivity index (χ3n) is 15.4. The molecule has 1 aliphatic carbocycles. The Morgan fingerprint density at radius 3 is 0.773 bits per heavy atom. The van der Waals surface area contributed by atoms with Crippen LogP contribution in [-0.2, 0) is 99.0 Å². The average Bonchev–Trinajstić information content (AvgIpc) is 2.13. The largest absolute Gasteiger partial charge is 0.489 e. The van der Waals surface area contributed by atoms with Crippen molar-refractivity contribution in [2.24, 2.45) is 0 Å². The molecule has 0 aromatic heterocycles. The maximum Gasteiger partial charge on any atom is 0.331 e. The SMILES string of the molecule is C=CC(=O)OCCOc1c2cc(CCCCCC)cc1Cc1cc(CCCCCC)cc(c1OCCOC(=O)C=C)Cc1cc(CCCCCC)cc(c1OCCOC(=O)/C=C\C(=O)OC)Cc1cc(CCCCCC)cc(c1OCCOC(=O)C=C)C2. The second-order valence-electron chi connectivity index (χ2n) is 22.5. The van der Waals surface area contributed by atoms with E-state index in [0.717, 1.165) is 226 Å². The fraction of sp³-hybridized carbons (Fsp3) is 0.500. The zero-order valence-corrected chi connectivity index (χ0v) is 53.5. The van der Waals surface area contributed by atoms with Crippen LogP contribution in [0.1, 0.15) is 197 Å². The van der Waals surface area contributed by atoms with Gasteiger partial charge in [-0.1, -0.05) is 173 Å². The molecule has 14 heteroatoms. The van der Waals surface area contributed by atoms with E-state index < -0.39 is 29.8 Å². The first-order valence-electron chi connectivity index (χ1n) is 32.3. The van der Waals surface area contributed by atoms with Crippen molar-refractivity contribution in [1.29, 1.82) is 0 Å². The maximum atomic E-state index is 12.9. The number of unbranched alkanes of at least 4 members (excludes halogenated alkanes) is 12. The first-order chi connectivity index (χ1) is 42.9. The fourth-order valence-corrected chi connectivity index (χ4v) is 11.1. The van der Waals surface area contributed by atoms with Crippen molar-refractivity contribution < 1.29 is 66.6 Å². The smallest absolute Gasteiger partial charge is 0.331 e. The first-order valence-corrected chi connectivity index (χ1v) is 32.3. The van der Waals surface area contributed by atoms with Gasteiger partial charge in [0.25, 0.3) is 0 Å². The molecule has 5 rings (SSSR count). The summed E-state index contributed by atoms with van der Waals surface area (Å²) in [5.41, 5.74) is 11.9. The van der Waals surface area contributed by atoms with Gasteiger partial charge in [-0.05, 0) is 118 Å². The van der Waals surface area contributed by atoms with Crippen LogP contribution >= 0.6 is 0 Å². The van der Waals surface area contributed by atoms with E-state index >= 15 is 0 Å². The zero-order valence-electron chi connectivity index (χ0n) is 53.5. The lowest BCUT2D eigenvalue weighted by Crippen LogP contribution is -2.16. The number of benzene rings is 4. The Bertz CT molecular complexity index is 2790. The van der Waals surface area contributed by atoms with Crippen LogP contribution in [0, 0.1) is 0 Å². The minimum absolute atomic E-state index is 0.00944. The summed E-state index contributed by atoms with van der Waals surface area (Å²) in [6, 6.07) is 18.0. The molecule has 8 bridgehead atoms. The fourth-order valence-electron chi connectivity index (χ4n) is 11.1. The molecule has 4 aromatic carbocycles. The minimum Gasteiger partial charge on any atom is -0.489 e. The topological polar surface area (TPSA) is 168 Å². The highest BCUT2D eigenvalue weighted by Gasteiger charge is 2.26. The van der Waals surface area contributed by atoms with Crippen LogP contribution in [-0.4, -0.2) is 89.8 Å². The first kappa shape index (κ1) is 71.1. The number of fused-ring (bicyclic) bond motifs is 8. The van der Waals surface area contributed by atoms with Gasteiger partial charge in [-0.2, -0.15) is 0 Å². The molecule has 0 aliphatic heterocycles. The predicted molar refractivity (Wildman–Crippen MR) is 346 cm³/mol. The predicted octanol–water partition coefficient (Wildman–Crippen LogP) is 14.8. The maximum absolute atomic E-state index is 12.9. The summed E-state index contributed by atoms with van der Waals surface area (Å²) in [5, 5.41) is 0. The van der Waals surface area contributed by atoms with Crippen molar-refractivity contribution in [3.05, 3.63) is 165 Å². The second kappa shape index (κ2) is 40.8. The number of methoxy groups -OCH3 is 1. The third-order valence-corrected chi connectivity index (χ3v) is 15.4. The Balaban J connectivity index is 1.93. The van der Waals surface area contributed by atoms with Crippen molar-refractivity contribution in [3.63, 3.8) is 0 Å². The van der Waals surface area contributed by atoms with Crippen molar-refractivity contribution in [1.82, 2.24) is 0 Å². The van der Waals surface area contributed by atoms with E-state index in [1.54, 1.807) is 0 Å². The summed E-state index contributed by atoms with van der Waals surface area (Å²) in [4.78, 5) is 62.1. The normalized spacial score (nSPS) is 11.7. The lowest BCUT2D eigenvalue weighted by atomic mass is 9.87. The number of esters is 5. The van der Waals surface area contributed by atoms with Gasteiger partial charge in [0.15, 0.2) is 0 Å². The van der Waals surface area contributed by atoms with Crippen LogP contribution < -0.4 is 18.9 Å². The third kappa shape index (κ3) is 24.9. The van der Waals surface area contributed by atoms with Gasteiger partial charge in [-0.25, -0.2) is 24.0 Å². The van der Waals surface area contributed by atoms with Crippen molar-refractivity contribution in [2.45, 2.75) is 182 Å². The number of aryl methyl sites for hydroxylation is 4. The van der Waals surface area contributed by atoms with Gasteiger partial charge in [0.2, 0.25) is 0 Å². The van der Waals surface area contributed by atoms with E-state index in [9.17, 15) is 24.0 Å². The van der Waals surface area contributed by atoms with Crippen LogP contribution in [0.3, 0.4) is 0 Å². The minimum atomic E-state index is -0.718. The summed E-state index contributed by atoms with van der Waals surface area (Å²) >= 11 is 0. The second-order valence-corrected chi connectivity index (χ2v) is 22.5. The summed E-state index contributed by atoms with van der Waals surface area (Å²) in [6.45, 7) is 19.7. The standard InChI is InChI=1S/C74H98O14/c1-9-16-20-24-28-54-42-58-50-60-44-55(29-25-21-17-10-2)46-62(72(60)86-39-35-82-67(76)14-6)52-64-48-57(31-27-23-19-12-4)49-65(74(64)88-41-37-84-70(79)33-32-69(78)80-8)53-63-47-56(30-26-22-18-11-3)45-61(73(63)87-40-36-83-68(77)15-7)51-59(43-54)71(58)85-38-34-81-66(75)13-5/h13-15,32-33,42-49H,5-7,9-12,16-31,34-41,50-53H2,1-4,8H3/b33-32-. The van der Waals surface area contributed by atoms with Gasteiger partial charge >= 0.3 is 29.8 Å². The van der Waals surface area contributed by atoms with Crippen LogP contribution in [0.25, 0.3) is 0 Å². The summed E-state index contributed by atoms with van der Waals surface area (Å²) in [6.07, 6.45) is 27.4. The highest BCUT2D eigenvalue weighted by molar-refractivity contribution is 5.91. The lowest BCUT2D eigenvalue weighted by Gasteiger charge is -2.25. The Morgan fingerprint density at radius 1 is 0.330 bits per heavy atom. The van der Waals surface area contributed by atoms with E-state index in [2.05, 4.69) is 101 Å². The number of carbonyl (C=O) groups excluding carboxylic acids is 5. The summed E-state index contributed by atoms with van der Waals surface area (Å²) < 4.78 is 54.7. The number of hydrogen-bond acceptors (Lipinski definition) is 14. The van der Waals surface area contributed by atoms with Crippen molar-refractivity contribution in [2.75, 3.05) is 60.0 Å². The molecule has 0 amide bonds. The molecule has 0 N–H and O–H groups in total. The molecule has 0 heterocycles. The van der Waals surface area contributed by atoms with Crippen LogP contribution in [0.15, 0.2) is 98.6 Å². The highest BCUT2D eigenvalue weighted by Crippen LogP contribution is 2.42. The quantitative estimate of drug-likeness (QED) is 0.0157. The van der Waals surface area contributed by atoms with Crippen LogP contribution in [0.5, 0.6) is 23.0 Å². The van der Waals surface area contributed by atoms with Gasteiger partial charge in [0.05, 0.1) is 7.11 Å². The molecule has 0 spiro atoms. The monoisotopic (exact) mass is 1210 g/mol. The van der Waals surface area contributed by atoms with Gasteiger partial charge in [0.1, 0.15) is 75.9 Å². The van der Waals surface area contributed by atoms with E-state index in [-0.39, 0.29) is 52.9 Å². The average molecular weight is 1210 g/mol. The molecule has 0 atom stereocenters. The molecular weight excluding hydrogens is 1110 g/mol. The Morgan fingerprint density at radius 2 is 0.557 bits per heavy atom. The van der Waals surface area contributed by atoms with E-state index in [1.807, 2.05) is 0 Å². The number of carbonyl (C=O) groups is 5. The molecule has 0 saturated heterocycles.